The molecule has 0 aliphatic heterocycles. The van der Waals surface area contributed by atoms with E-state index in [1.807, 2.05) is 54.6 Å². The Morgan fingerprint density at radius 3 is 2.20 bits per heavy atom. The topological polar surface area (TPSA) is 78.8 Å². The number of hydrogen-bond donors (Lipinski definition) is 1. The number of fused-ring (bicyclic) bond motifs is 1. The van der Waals surface area contributed by atoms with Crippen LogP contribution in [0.3, 0.4) is 0 Å². The maximum Gasteiger partial charge on any atom is 0.305 e. The Bertz CT molecular complexity index is 1410. The van der Waals surface area contributed by atoms with Gasteiger partial charge >= 0.3 is 5.97 Å². The summed E-state index contributed by atoms with van der Waals surface area (Å²) >= 11 is 0. The maximum absolute atomic E-state index is 13.2. The van der Waals surface area contributed by atoms with Crippen LogP contribution in [0.5, 0.6) is 11.5 Å². The number of rotatable bonds is 14. The van der Waals surface area contributed by atoms with Gasteiger partial charge in [-0.25, -0.2) is 0 Å². The Labute approximate surface area is 236 Å². The van der Waals surface area contributed by atoms with Crippen molar-refractivity contribution in [2.24, 2.45) is 0 Å². The molecular weight excluding hydrogens is 504 g/mol. The molecule has 0 saturated heterocycles. The Morgan fingerprint density at radius 1 is 0.800 bits per heavy atom. The first-order valence-corrected chi connectivity index (χ1v) is 13.7. The predicted octanol–water partition coefficient (Wildman–Crippen LogP) is 6.16. The summed E-state index contributed by atoms with van der Waals surface area (Å²) in [6.45, 7) is 1.26. The fourth-order valence-corrected chi connectivity index (χ4v) is 5.02. The summed E-state index contributed by atoms with van der Waals surface area (Å²) in [5.41, 5.74) is 5.20. The quantitative estimate of drug-likeness (QED) is 0.153. The van der Waals surface area contributed by atoms with Gasteiger partial charge in [-0.2, -0.15) is 0 Å². The summed E-state index contributed by atoms with van der Waals surface area (Å²) in [7, 11) is 4.72. The molecule has 4 rings (SSSR count). The number of hydrogen-bond acceptors (Lipinski definition) is 5. The Morgan fingerprint density at radius 2 is 1.50 bits per heavy atom. The molecule has 0 spiro atoms. The second-order valence-electron chi connectivity index (χ2n) is 9.78. The molecule has 1 heterocycles. The predicted molar refractivity (Wildman–Crippen MR) is 158 cm³/mol. The van der Waals surface area contributed by atoms with Crippen molar-refractivity contribution in [1.82, 2.24) is 9.88 Å². The monoisotopic (exact) mass is 542 g/mol. The number of esters is 1. The summed E-state index contributed by atoms with van der Waals surface area (Å²) in [5.74, 6) is 1.33. The molecule has 4 aromatic rings. The smallest absolute Gasteiger partial charge is 0.305 e. The lowest BCUT2D eigenvalue weighted by atomic mass is 10.0. The summed E-state index contributed by atoms with van der Waals surface area (Å²) in [5, 5.41) is 4.10. The number of nitrogens with one attached hydrogen (secondary N) is 1. The van der Waals surface area contributed by atoms with E-state index >= 15 is 0 Å². The van der Waals surface area contributed by atoms with Gasteiger partial charge in [-0.1, -0.05) is 43.2 Å². The Kier molecular flexibility index (Phi) is 10.2. The third-order valence-electron chi connectivity index (χ3n) is 7.12. The normalized spacial score (nSPS) is 10.9. The average molecular weight is 543 g/mol. The molecule has 0 aliphatic carbocycles. The Hall–Kier alpha value is -4.26. The van der Waals surface area contributed by atoms with Gasteiger partial charge < -0.3 is 24.1 Å². The highest BCUT2D eigenvalue weighted by Crippen LogP contribution is 2.37. The zero-order valence-electron chi connectivity index (χ0n) is 23.6. The number of carbonyl (C=O) groups excluding carboxylic acids is 2. The molecule has 40 heavy (non-hydrogen) atoms. The van der Waals surface area contributed by atoms with Gasteiger partial charge in [0.15, 0.2) is 0 Å². The van der Waals surface area contributed by atoms with E-state index in [4.69, 9.17) is 9.47 Å². The SMILES string of the molecule is COC(=O)CCCCCCNC(=O)Cc1c(-c2ccc(OC)cc2)n(Cc2ccccc2)c2ccc(OC)cc12. The van der Waals surface area contributed by atoms with E-state index < -0.39 is 0 Å². The first-order chi connectivity index (χ1) is 19.5. The number of carbonyl (C=O) groups is 2. The van der Waals surface area contributed by atoms with E-state index in [1.165, 1.54) is 12.7 Å². The number of nitrogens with zero attached hydrogens (tertiary/aromatic N) is 1. The van der Waals surface area contributed by atoms with Crippen LogP contribution in [0.15, 0.2) is 72.8 Å². The highest BCUT2D eigenvalue weighted by molar-refractivity contribution is 5.96. The van der Waals surface area contributed by atoms with Crippen molar-refractivity contribution in [3.05, 3.63) is 83.9 Å². The van der Waals surface area contributed by atoms with Gasteiger partial charge in [0.2, 0.25) is 5.91 Å². The molecule has 1 aromatic heterocycles. The van der Waals surface area contributed by atoms with Gasteiger partial charge in [0.25, 0.3) is 0 Å². The average Bonchev–Trinajstić information content (AvgIpc) is 3.28. The minimum Gasteiger partial charge on any atom is -0.497 e. The van der Waals surface area contributed by atoms with Gasteiger partial charge in [-0.05, 0) is 72.0 Å². The van der Waals surface area contributed by atoms with Crippen LogP contribution in [-0.4, -0.2) is 44.3 Å². The van der Waals surface area contributed by atoms with E-state index in [9.17, 15) is 9.59 Å². The van der Waals surface area contributed by atoms with Crippen molar-refractivity contribution in [3.8, 4) is 22.8 Å². The summed E-state index contributed by atoms with van der Waals surface area (Å²) < 4.78 is 17.9. The molecule has 0 aliphatic rings. The number of aromatic nitrogens is 1. The largest absolute Gasteiger partial charge is 0.497 e. The lowest BCUT2D eigenvalue weighted by molar-refractivity contribution is -0.140. The molecule has 0 radical (unpaired) electrons. The van der Waals surface area contributed by atoms with Gasteiger partial charge in [0.05, 0.1) is 33.4 Å². The van der Waals surface area contributed by atoms with E-state index in [2.05, 4.69) is 32.8 Å². The molecular formula is C33H38N2O5. The third-order valence-corrected chi connectivity index (χ3v) is 7.12. The van der Waals surface area contributed by atoms with Crippen molar-refractivity contribution >= 4 is 22.8 Å². The lowest BCUT2D eigenvalue weighted by Gasteiger charge is -2.14. The number of methoxy groups -OCH3 is 3. The van der Waals surface area contributed by atoms with Crippen LogP contribution in [-0.2, 0) is 27.3 Å². The molecule has 210 valence electrons. The first-order valence-electron chi connectivity index (χ1n) is 13.7. The molecule has 1 N–H and O–H groups in total. The van der Waals surface area contributed by atoms with Crippen molar-refractivity contribution in [3.63, 3.8) is 0 Å². The number of amides is 1. The van der Waals surface area contributed by atoms with Crippen molar-refractivity contribution < 1.29 is 23.8 Å². The van der Waals surface area contributed by atoms with Crippen LogP contribution in [0.4, 0.5) is 0 Å². The summed E-state index contributed by atoms with van der Waals surface area (Å²) in [6, 6.07) is 24.4. The van der Waals surface area contributed by atoms with Crippen LogP contribution in [0.25, 0.3) is 22.2 Å². The van der Waals surface area contributed by atoms with Gasteiger partial charge in [-0.15, -0.1) is 0 Å². The van der Waals surface area contributed by atoms with Gasteiger partial charge in [-0.3, -0.25) is 9.59 Å². The van der Waals surface area contributed by atoms with Crippen LogP contribution in [0.1, 0.15) is 43.2 Å². The molecule has 1 amide bonds. The number of unbranched alkanes of at least 4 members (excludes halogenated alkanes) is 3. The third kappa shape index (κ3) is 7.23. The van der Waals surface area contributed by atoms with Crippen LogP contribution in [0.2, 0.25) is 0 Å². The fraction of sp³-hybridized carbons (Fsp3) is 0.333. The van der Waals surface area contributed by atoms with E-state index in [-0.39, 0.29) is 18.3 Å². The van der Waals surface area contributed by atoms with Crippen LogP contribution in [0, 0.1) is 0 Å². The van der Waals surface area contributed by atoms with Gasteiger partial charge in [0.1, 0.15) is 11.5 Å². The van der Waals surface area contributed by atoms with E-state index in [0.29, 0.717) is 19.5 Å². The fourth-order valence-electron chi connectivity index (χ4n) is 5.02. The molecule has 0 unspecified atom stereocenters. The highest BCUT2D eigenvalue weighted by Gasteiger charge is 2.22. The highest BCUT2D eigenvalue weighted by atomic mass is 16.5. The first kappa shape index (κ1) is 28.7. The molecule has 0 fully saturated rings. The standard InChI is InChI=1S/C33H38N2O5/c1-38-26-16-14-25(15-17-26)33-29(22-31(36)34-20-10-5-4-9-13-32(37)40-3)28-21-27(39-2)18-19-30(28)35(33)23-24-11-7-6-8-12-24/h6-8,11-12,14-19,21H,4-5,9-10,13,20,22-23H2,1-3H3,(H,34,36). The van der Waals surface area contributed by atoms with Crippen molar-refractivity contribution in [2.75, 3.05) is 27.9 Å². The van der Waals surface area contributed by atoms with Crippen LogP contribution >= 0.6 is 0 Å². The minimum atomic E-state index is -0.177. The molecule has 0 atom stereocenters. The van der Waals surface area contributed by atoms with E-state index in [1.54, 1.807) is 14.2 Å². The molecule has 3 aromatic carbocycles. The number of ether oxygens (including phenoxy) is 3. The molecule has 0 saturated carbocycles. The lowest BCUT2D eigenvalue weighted by Crippen LogP contribution is -2.26. The van der Waals surface area contributed by atoms with Crippen molar-refractivity contribution in [2.45, 2.75) is 45.1 Å². The minimum absolute atomic E-state index is 0.0223. The molecule has 7 heteroatoms. The second kappa shape index (κ2) is 14.2. The zero-order valence-corrected chi connectivity index (χ0v) is 23.6. The summed E-state index contributed by atoms with van der Waals surface area (Å²) in [4.78, 5) is 24.5. The molecule has 0 bridgehead atoms. The molecule has 7 nitrogen and oxygen atoms in total. The van der Waals surface area contributed by atoms with Gasteiger partial charge in [0, 0.05) is 30.4 Å². The summed E-state index contributed by atoms with van der Waals surface area (Å²) in [6.07, 6.45) is 4.22. The number of benzene rings is 3. The van der Waals surface area contributed by atoms with Crippen LogP contribution < -0.4 is 14.8 Å². The van der Waals surface area contributed by atoms with Crippen molar-refractivity contribution in [1.29, 1.82) is 0 Å². The zero-order chi connectivity index (χ0) is 28.3. The van der Waals surface area contributed by atoms with E-state index in [0.717, 1.165) is 64.9 Å². The maximum atomic E-state index is 13.2. The second-order valence-corrected chi connectivity index (χ2v) is 9.78. The Balaban J connectivity index is 1.62.